The molecule has 0 aliphatic carbocycles. The average molecular weight is 229 g/mol. The Morgan fingerprint density at radius 2 is 1.94 bits per heavy atom. The summed E-state index contributed by atoms with van der Waals surface area (Å²) in [7, 11) is 0. The third-order valence-electron chi connectivity index (χ3n) is 2.56. The minimum absolute atomic E-state index is 0.0189. The number of aliphatic hydroxyl groups is 1. The SMILES string of the molecule is CCOc1ccc(-c2cnccc2CO)cc1. The van der Waals surface area contributed by atoms with E-state index in [2.05, 4.69) is 4.98 Å². The molecule has 0 amide bonds. The van der Waals surface area contributed by atoms with Crippen LogP contribution in [0.4, 0.5) is 0 Å². The minimum atomic E-state index is 0.0189. The number of aromatic nitrogens is 1. The van der Waals surface area contributed by atoms with Crippen molar-refractivity contribution in [2.75, 3.05) is 6.61 Å². The maximum atomic E-state index is 9.27. The molecular formula is C14H15NO2. The first-order valence-corrected chi connectivity index (χ1v) is 5.62. The molecule has 0 atom stereocenters. The lowest BCUT2D eigenvalue weighted by molar-refractivity contribution is 0.282. The molecule has 3 nitrogen and oxygen atoms in total. The van der Waals surface area contributed by atoms with Crippen LogP contribution >= 0.6 is 0 Å². The van der Waals surface area contributed by atoms with Gasteiger partial charge in [0.2, 0.25) is 0 Å². The molecule has 0 bridgehead atoms. The highest BCUT2D eigenvalue weighted by Crippen LogP contribution is 2.24. The molecule has 2 rings (SSSR count). The molecule has 0 fully saturated rings. The molecule has 1 heterocycles. The van der Waals surface area contributed by atoms with Gasteiger partial charge in [-0.05, 0) is 36.2 Å². The van der Waals surface area contributed by atoms with E-state index < -0.39 is 0 Å². The largest absolute Gasteiger partial charge is 0.494 e. The maximum absolute atomic E-state index is 9.27. The van der Waals surface area contributed by atoms with Crippen molar-refractivity contribution >= 4 is 0 Å². The Morgan fingerprint density at radius 3 is 2.59 bits per heavy atom. The maximum Gasteiger partial charge on any atom is 0.119 e. The van der Waals surface area contributed by atoms with Gasteiger partial charge in [-0.3, -0.25) is 4.98 Å². The molecule has 17 heavy (non-hydrogen) atoms. The highest BCUT2D eigenvalue weighted by atomic mass is 16.5. The lowest BCUT2D eigenvalue weighted by Crippen LogP contribution is -1.92. The Bertz CT molecular complexity index is 480. The lowest BCUT2D eigenvalue weighted by atomic mass is 10.0. The summed E-state index contributed by atoms with van der Waals surface area (Å²) in [5.41, 5.74) is 2.87. The molecule has 1 N–H and O–H groups in total. The molecule has 1 aromatic carbocycles. The van der Waals surface area contributed by atoms with Crippen molar-refractivity contribution in [1.82, 2.24) is 4.98 Å². The van der Waals surface area contributed by atoms with Gasteiger partial charge >= 0.3 is 0 Å². The Labute approximate surface area is 101 Å². The van der Waals surface area contributed by atoms with Crippen LogP contribution in [0, 0.1) is 0 Å². The van der Waals surface area contributed by atoms with Crippen molar-refractivity contribution in [2.45, 2.75) is 13.5 Å². The van der Waals surface area contributed by atoms with E-state index in [1.54, 1.807) is 12.4 Å². The first-order valence-electron chi connectivity index (χ1n) is 5.62. The van der Waals surface area contributed by atoms with E-state index in [1.807, 2.05) is 37.3 Å². The topological polar surface area (TPSA) is 42.4 Å². The molecule has 88 valence electrons. The Kier molecular flexibility index (Phi) is 3.73. The van der Waals surface area contributed by atoms with E-state index >= 15 is 0 Å². The van der Waals surface area contributed by atoms with E-state index in [0.29, 0.717) is 6.61 Å². The van der Waals surface area contributed by atoms with Crippen LogP contribution in [0.1, 0.15) is 12.5 Å². The van der Waals surface area contributed by atoms with Gasteiger partial charge in [0.25, 0.3) is 0 Å². The molecule has 0 radical (unpaired) electrons. The molecule has 2 aromatic rings. The van der Waals surface area contributed by atoms with Crippen LogP contribution in [-0.2, 0) is 6.61 Å². The van der Waals surface area contributed by atoms with Gasteiger partial charge in [0.05, 0.1) is 13.2 Å². The normalized spacial score (nSPS) is 10.2. The molecular weight excluding hydrogens is 214 g/mol. The van der Waals surface area contributed by atoms with Crippen LogP contribution < -0.4 is 4.74 Å². The van der Waals surface area contributed by atoms with Gasteiger partial charge in [-0.15, -0.1) is 0 Å². The monoisotopic (exact) mass is 229 g/mol. The summed E-state index contributed by atoms with van der Waals surface area (Å²) in [5, 5.41) is 9.27. The van der Waals surface area contributed by atoms with Crippen molar-refractivity contribution in [3.63, 3.8) is 0 Å². The van der Waals surface area contributed by atoms with Gasteiger partial charge in [-0.2, -0.15) is 0 Å². The molecule has 0 saturated heterocycles. The Morgan fingerprint density at radius 1 is 1.18 bits per heavy atom. The van der Waals surface area contributed by atoms with Crippen LogP contribution in [0.5, 0.6) is 5.75 Å². The van der Waals surface area contributed by atoms with Crippen LogP contribution in [0.3, 0.4) is 0 Å². The number of hydrogen-bond acceptors (Lipinski definition) is 3. The van der Waals surface area contributed by atoms with Gasteiger partial charge in [0, 0.05) is 18.0 Å². The van der Waals surface area contributed by atoms with Crippen molar-refractivity contribution in [2.24, 2.45) is 0 Å². The number of nitrogens with zero attached hydrogens (tertiary/aromatic N) is 1. The summed E-state index contributed by atoms with van der Waals surface area (Å²) in [6, 6.07) is 9.62. The van der Waals surface area contributed by atoms with Crippen LogP contribution in [0.2, 0.25) is 0 Å². The summed E-state index contributed by atoms with van der Waals surface area (Å²) >= 11 is 0. The van der Waals surface area contributed by atoms with Gasteiger partial charge in [0.15, 0.2) is 0 Å². The van der Waals surface area contributed by atoms with Crippen molar-refractivity contribution in [3.05, 3.63) is 48.3 Å². The van der Waals surface area contributed by atoms with Crippen molar-refractivity contribution in [1.29, 1.82) is 0 Å². The van der Waals surface area contributed by atoms with E-state index in [1.165, 1.54) is 0 Å². The first-order chi connectivity index (χ1) is 8.35. The highest BCUT2D eigenvalue weighted by Gasteiger charge is 2.04. The summed E-state index contributed by atoms with van der Waals surface area (Å²) in [5.74, 6) is 0.852. The third-order valence-corrected chi connectivity index (χ3v) is 2.56. The Hall–Kier alpha value is -1.87. The quantitative estimate of drug-likeness (QED) is 0.876. The zero-order valence-electron chi connectivity index (χ0n) is 9.76. The second-order valence-electron chi connectivity index (χ2n) is 3.65. The zero-order valence-corrected chi connectivity index (χ0v) is 9.76. The second-order valence-corrected chi connectivity index (χ2v) is 3.65. The number of rotatable bonds is 4. The lowest BCUT2D eigenvalue weighted by Gasteiger charge is -2.08. The number of aliphatic hydroxyl groups excluding tert-OH is 1. The molecule has 1 aromatic heterocycles. The smallest absolute Gasteiger partial charge is 0.119 e. The molecule has 3 heteroatoms. The van der Waals surface area contributed by atoms with E-state index in [0.717, 1.165) is 22.4 Å². The van der Waals surface area contributed by atoms with E-state index in [-0.39, 0.29) is 6.61 Å². The van der Waals surface area contributed by atoms with Gasteiger partial charge in [0.1, 0.15) is 5.75 Å². The van der Waals surface area contributed by atoms with E-state index in [4.69, 9.17) is 4.74 Å². The summed E-state index contributed by atoms with van der Waals surface area (Å²) < 4.78 is 5.39. The minimum Gasteiger partial charge on any atom is -0.494 e. The summed E-state index contributed by atoms with van der Waals surface area (Å²) in [6.07, 6.45) is 3.45. The van der Waals surface area contributed by atoms with Gasteiger partial charge < -0.3 is 9.84 Å². The highest BCUT2D eigenvalue weighted by molar-refractivity contribution is 5.66. The number of ether oxygens (including phenoxy) is 1. The predicted octanol–water partition coefficient (Wildman–Crippen LogP) is 2.64. The summed E-state index contributed by atoms with van der Waals surface area (Å²) in [4.78, 5) is 4.09. The number of hydrogen-bond donors (Lipinski definition) is 1. The standard InChI is InChI=1S/C14H15NO2/c1-2-17-13-5-3-11(4-6-13)14-9-15-8-7-12(14)10-16/h3-9,16H,2,10H2,1H3. The molecule has 0 aliphatic heterocycles. The number of benzene rings is 1. The van der Waals surface area contributed by atoms with Crippen LogP contribution in [0.15, 0.2) is 42.7 Å². The zero-order chi connectivity index (χ0) is 12.1. The molecule has 0 saturated carbocycles. The van der Waals surface area contributed by atoms with Gasteiger partial charge in [-0.1, -0.05) is 12.1 Å². The summed E-state index contributed by atoms with van der Waals surface area (Å²) in [6.45, 7) is 2.64. The first kappa shape index (κ1) is 11.6. The number of pyridine rings is 1. The molecule has 0 unspecified atom stereocenters. The average Bonchev–Trinajstić information content (AvgIpc) is 2.40. The third kappa shape index (κ3) is 2.63. The van der Waals surface area contributed by atoms with Crippen LogP contribution in [0.25, 0.3) is 11.1 Å². The fraction of sp³-hybridized carbons (Fsp3) is 0.214. The van der Waals surface area contributed by atoms with Crippen molar-refractivity contribution in [3.8, 4) is 16.9 Å². The van der Waals surface area contributed by atoms with Crippen LogP contribution in [-0.4, -0.2) is 16.7 Å². The molecule has 0 aliphatic rings. The van der Waals surface area contributed by atoms with Gasteiger partial charge in [-0.25, -0.2) is 0 Å². The predicted molar refractivity (Wildman–Crippen MR) is 66.8 cm³/mol. The second kappa shape index (κ2) is 5.46. The molecule has 0 spiro atoms. The fourth-order valence-electron chi connectivity index (χ4n) is 1.72. The van der Waals surface area contributed by atoms with E-state index in [9.17, 15) is 5.11 Å². The Balaban J connectivity index is 2.33. The fourth-order valence-corrected chi connectivity index (χ4v) is 1.72. The van der Waals surface area contributed by atoms with Crippen molar-refractivity contribution < 1.29 is 9.84 Å².